The number of carbonyl (C=O) groups excluding carboxylic acids is 2. The summed E-state index contributed by atoms with van der Waals surface area (Å²) in [6.45, 7) is 1.37. The van der Waals surface area contributed by atoms with Crippen molar-refractivity contribution in [2.45, 2.75) is 25.8 Å². The quantitative estimate of drug-likeness (QED) is 0.202. The Morgan fingerprint density at radius 3 is 2.50 bits per heavy atom. The number of hydrogen-bond donors (Lipinski definition) is 2. The molecular formula is C9H16N2O6S. The van der Waals surface area contributed by atoms with Crippen molar-refractivity contribution in [1.82, 2.24) is 5.32 Å². The Kier molecular flexibility index (Phi) is 8.71. The van der Waals surface area contributed by atoms with Gasteiger partial charge in [0.15, 0.2) is 0 Å². The van der Waals surface area contributed by atoms with Crippen LogP contribution < -0.4 is 5.32 Å². The first-order valence-electron chi connectivity index (χ1n) is 5.29. The van der Waals surface area contributed by atoms with Crippen molar-refractivity contribution in [3.8, 4) is 0 Å². The lowest BCUT2D eigenvalue weighted by molar-refractivity contribution is -0.757. The third-order valence-corrected chi connectivity index (χ3v) is 2.19. The Morgan fingerprint density at radius 2 is 2.00 bits per heavy atom. The highest BCUT2D eigenvalue weighted by Crippen LogP contribution is 1.97. The fourth-order valence-corrected chi connectivity index (χ4v) is 1.28. The van der Waals surface area contributed by atoms with E-state index in [1.807, 2.05) is 0 Å². The lowest BCUT2D eigenvalue weighted by atomic mass is 10.3. The van der Waals surface area contributed by atoms with E-state index in [4.69, 9.17) is 4.74 Å². The number of nitrogens with zero attached hydrogens (tertiary/aromatic N) is 1. The molecule has 9 heteroatoms. The van der Waals surface area contributed by atoms with E-state index in [1.54, 1.807) is 0 Å². The summed E-state index contributed by atoms with van der Waals surface area (Å²) in [5.41, 5.74) is 0. The number of thiol groups is 1. The second-order valence-electron chi connectivity index (χ2n) is 3.37. The predicted molar refractivity (Wildman–Crippen MR) is 64.6 cm³/mol. The maximum atomic E-state index is 11.4. The molecule has 0 spiro atoms. The topological polar surface area (TPSA) is 108 Å². The van der Waals surface area contributed by atoms with Crippen molar-refractivity contribution in [2.75, 3.05) is 19.0 Å². The highest BCUT2D eigenvalue weighted by molar-refractivity contribution is 7.80. The van der Waals surface area contributed by atoms with Gasteiger partial charge >= 0.3 is 5.97 Å². The summed E-state index contributed by atoms with van der Waals surface area (Å²) < 4.78 is 4.88. The van der Waals surface area contributed by atoms with Gasteiger partial charge in [0.2, 0.25) is 5.91 Å². The van der Waals surface area contributed by atoms with E-state index < -0.39 is 17.1 Å². The summed E-state index contributed by atoms with van der Waals surface area (Å²) in [6, 6.07) is -0.777. The van der Waals surface area contributed by atoms with Crippen LogP contribution in [-0.2, 0) is 19.2 Å². The summed E-state index contributed by atoms with van der Waals surface area (Å²) in [5, 5.41) is 11.3. The van der Waals surface area contributed by atoms with Crippen LogP contribution in [0.15, 0.2) is 0 Å². The summed E-state index contributed by atoms with van der Waals surface area (Å²) in [6.07, 6.45) is 0.846. The molecule has 18 heavy (non-hydrogen) atoms. The molecule has 0 rings (SSSR count). The van der Waals surface area contributed by atoms with Crippen LogP contribution in [-0.4, -0.2) is 42.0 Å². The van der Waals surface area contributed by atoms with E-state index in [-0.39, 0.29) is 24.9 Å². The number of carbonyl (C=O) groups is 2. The van der Waals surface area contributed by atoms with Gasteiger partial charge in [-0.1, -0.05) is 0 Å². The molecule has 0 fully saturated rings. The SMILES string of the molecule is CC(=O)N[C@H](CS)C(=O)OCCCCO[N+](=O)[O-]. The molecule has 0 aliphatic heterocycles. The molecule has 0 aliphatic carbocycles. The molecular weight excluding hydrogens is 264 g/mol. The lowest BCUT2D eigenvalue weighted by Gasteiger charge is -2.14. The molecule has 104 valence electrons. The molecule has 0 radical (unpaired) electrons. The zero-order valence-electron chi connectivity index (χ0n) is 9.96. The number of unbranched alkanes of at least 4 members (excludes halogenated alkanes) is 1. The number of rotatable bonds is 9. The second kappa shape index (κ2) is 9.51. The van der Waals surface area contributed by atoms with Crippen molar-refractivity contribution in [3.63, 3.8) is 0 Å². The largest absolute Gasteiger partial charge is 0.464 e. The third-order valence-electron chi connectivity index (χ3n) is 1.82. The first-order valence-corrected chi connectivity index (χ1v) is 5.92. The van der Waals surface area contributed by atoms with Gasteiger partial charge in [0, 0.05) is 12.7 Å². The van der Waals surface area contributed by atoms with Gasteiger partial charge in [-0.3, -0.25) is 4.79 Å². The predicted octanol–water partition coefficient (Wildman–Crippen LogP) is -0.0474. The first-order chi connectivity index (χ1) is 8.47. The highest BCUT2D eigenvalue weighted by Gasteiger charge is 2.18. The molecule has 1 atom stereocenters. The molecule has 0 saturated carbocycles. The van der Waals surface area contributed by atoms with Gasteiger partial charge in [0.1, 0.15) is 6.04 Å². The normalized spacial score (nSPS) is 11.4. The highest BCUT2D eigenvalue weighted by atomic mass is 32.1. The van der Waals surface area contributed by atoms with Crippen molar-refractivity contribution >= 4 is 24.5 Å². The zero-order valence-corrected chi connectivity index (χ0v) is 10.9. The number of esters is 1. The van der Waals surface area contributed by atoms with Crippen LogP contribution in [0.2, 0.25) is 0 Å². The molecule has 0 aromatic heterocycles. The molecule has 0 saturated heterocycles. The molecule has 0 aromatic rings. The van der Waals surface area contributed by atoms with Crippen molar-refractivity contribution in [1.29, 1.82) is 0 Å². The number of hydrogen-bond acceptors (Lipinski definition) is 7. The van der Waals surface area contributed by atoms with Gasteiger partial charge in [-0.15, -0.1) is 10.1 Å². The van der Waals surface area contributed by atoms with E-state index in [0.717, 1.165) is 0 Å². The molecule has 0 unspecified atom stereocenters. The van der Waals surface area contributed by atoms with Crippen LogP contribution in [0.3, 0.4) is 0 Å². The number of ether oxygens (including phenoxy) is 1. The molecule has 1 N–H and O–H groups in total. The van der Waals surface area contributed by atoms with Crippen molar-refractivity contribution in [3.05, 3.63) is 10.1 Å². The van der Waals surface area contributed by atoms with Crippen molar-refractivity contribution in [2.24, 2.45) is 0 Å². The summed E-state index contributed by atoms with van der Waals surface area (Å²) >= 11 is 3.92. The lowest BCUT2D eigenvalue weighted by Crippen LogP contribution is -2.42. The Labute approximate surface area is 110 Å². The van der Waals surface area contributed by atoms with Gasteiger partial charge in [0.05, 0.1) is 13.2 Å². The fourth-order valence-electron chi connectivity index (χ4n) is 1.04. The van der Waals surface area contributed by atoms with Gasteiger partial charge in [-0.25, -0.2) is 4.79 Å². The Balaban J connectivity index is 3.68. The zero-order chi connectivity index (χ0) is 14.0. The van der Waals surface area contributed by atoms with Crippen LogP contribution in [0.1, 0.15) is 19.8 Å². The van der Waals surface area contributed by atoms with Gasteiger partial charge < -0.3 is 14.9 Å². The average molecular weight is 280 g/mol. The fraction of sp³-hybridized carbons (Fsp3) is 0.778. The molecule has 0 aromatic carbocycles. The van der Waals surface area contributed by atoms with Gasteiger partial charge in [-0.2, -0.15) is 12.6 Å². The monoisotopic (exact) mass is 280 g/mol. The van der Waals surface area contributed by atoms with Crippen LogP contribution in [0.5, 0.6) is 0 Å². The maximum Gasteiger partial charge on any atom is 0.329 e. The van der Waals surface area contributed by atoms with Crippen LogP contribution >= 0.6 is 12.6 Å². The smallest absolute Gasteiger partial charge is 0.329 e. The minimum atomic E-state index is -0.875. The minimum Gasteiger partial charge on any atom is -0.464 e. The summed E-state index contributed by atoms with van der Waals surface area (Å²) in [5.74, 6) is -0.774. The summed E-state index contributed by atoms with van der Waals surface area (Å²) in [4.78, 5) is 36.1. The van der Waals surface area contributed by atoms with E-state index in [0.29, 0.717) is 12.8 Å². The van der Waals surface area contributed by atoms with E-state index >= 15 is 0 Å². The summed E-state index contributed by atoms with van der Waals surface area (Å²) in [7, 11) is 0. The average Bonchev–Trinajstić information content (AvgIpc) is 2.29. The molecule has 0 heterocycles. The molecule has 8 nitrogen and oxygen atoms in total. The second-order valence-corrected chi connectivity index (χ2v) is 3.73. The minimum absolute atomic E-state index is 0.0355. The maximum absolute atomic E-state index is 11.4. The number of amides is 1. The van der Waals surface area contributed by atoms with E-state index in [2.05, 4.69) is 22.8 Å². The molecule has 0 bridgehead atoms. The Morgan fingerprint density at radius 1 is 1.39 bits per heavy atom. The Hall–Kier alpha value is -1.51. The molecule has 0 aliphatic rings. The van der Waals surface area contributed by atoms with Gasteiger partial charge in [-0.05, 0) is 12.8 Å². The first kappa shape index (κ1) is 16.5. The Bertz CT molecular complexity index is 299. The van der Waals surface area contributed by atoms with E-state index in [1.165, 1.54) is 6.92 Å². The van der Waals surface area contributed by atoms with Crippen molar-refractivity contribution < 1.29 is 24.3 Å². The van der Waals surface area contributed by atoms with E-state index in [9.17, 15) is 19.7 Å². The molecule has 1 amide bonds. The van der Waals surface area contributed by atoms with Crippen LogP contribution in [0, 0.1) is 10.1 Å². The standard InChI is InChI=1S/C9H16N2O6S/c1-7(12)10-8(6-18)9(13)16-4-2-3-5-17-11(14)15/h8,18H,2-6H2,1H3,(H,10,12)/t8-/m1/s1. The van der Waals surface area contributed by atoms with Gasteiger partial charge in [0.25, 0.3) is 5.09 Å². The third kappa shape index (κ3) is 8.62. The van der Waals surface area contributed by atoms with Crippen LogP contribution in [0.25, 0.3) is 0 Å². The van der Waals surface area contributed by atoms with Crippen LogP contribution in [0.4, 0.5) is 0 Å². The number of nitrogens with one attached hydrogen (secondary N) is 1.